The predicted octanol–water partition coefficient (Wildman–Crippen LogP) is 3.59. The van der Waals surface area contributed by atoms with Crippen LogP contribution in [0.3, 0.4) is 0 Å². The van der Waals surface area contributed by atoms with Crippen LogP contribution in [0, 0.1) is 0 Å². The van der Waals surface area contributed by atoms with Gasteiger partial charge in [-0.25, -0.2) is 4.79 Å². The highest BCUT2D eigenvalue weighted by molar-refractivity contribution is 5.80. The molecule has 6 heteroatoms. The van der Waals surface area contributed by atoms with Crippen molar-refractivity contribution in [1.29, 1.82) is 0 Å². The van der Waals surface area contributed by atoms with Gasteiger partial charge in [0.2, 0.25) is 0 Å². The van der Waals surface area contributed by atoms with Crippen LogP contribution in [0.2, 0.25) is 0 Å². The van der Waals surface area contributed by atoms with Crippen LogP contribution in [0.5, 0.6) is 5.75 Å². The van der Waals surface area contributed by atoms with E-state index in [9.17, 15) is 18.0 Å². The number of benzene rings is 1. The van der Waals surface area contributed by atoms with E-state index in [-0.39, 0.29) is 12.0 Å². The van der Waals surface area contributed by atoms with Crippen molar-refractivity contribution in [2.75, 3.05) is 7.11 Å². The fourth-order valence-corrected chi connectivity index (χ4v) is 1.74. The monoisotopic (exact) mass is 288 g/mol. The van der Waals surface area contributed by atoms with Crippen molar-refractivity contribution >= 4 is 5.97 Å². The number of halogens is 3. The third-order valence-electron chi connectivity index (χ3n) is 2.65. The van der Waals surface area contributed by atoms with Crippen molar-refractivity contribution in [3.05, 3.63) is 41.5 Å². The Morgan fingerprint density at radius 1 is 1.30 bits per heavy atom. The first-order valence-corrected chi connectivity index (χ1v) is 5.92. The van der Waals surface area contributed by atoms with Gasteiger partial charge in [-0.15, -0.1) is 0 Å². The van der Waals surface area contributed by atoms with E-state index in [1.54, 1.807) is 24.3 Å². The molecule has 1 rings (SSSR count). The largest absolute Gasteiger partial charge is 0.497 e. The second kappa shape index (κ2) is 6.98. The number of aryl methyl sites for hydroxylation is 1. The number of carboxylic acids is 1. The summed E-state index contributed by atoms with van der Waals surface area (Å²) in [5.41, 5.74) is 0.685. The molecule has 0 heterocycles. The van der Waals surface area contributed by atoms with E-state index >= 15 is 0 Å². The van der Waals surface area contributed by atoms with Crippen LogP contribution in [0.4, 0.5) is 13.2 Å². The van der Waals surface area contributed by atoms with Crippen molar-refractivity contribution in [2.24, 2.45) is 0 Å². The number of ether oxygens (including phenoxy) is 1. The highest BCUT2D eigenvalue weighted by Crippen LogP contribution is 2.27. The maximum Gasteiger partial charge on any atom is 0.392 e. The molecule has 0 bridgehead atoms. The molecule has 3 nitrogen and oxygen atoms in total. The van der Waals surface area contributed by atoms with Crippen molar-refractivity contribution in [1.82, 2.24) is 0 Å². The fraction of sp³-hybridized carbons (Fsp3) is 0.357. The maximum atomic E-state index is 12.3. The molecule has 0 aliphatic carbocycles. The summed E-state index contributed by atoms with van der Waals surface area (Å²) in [5.74, 6) is -0.704. The molecule has 0 spiro atoms. The number of hydrogen-bond donors (Lipinski definition) is 1. The van der Waals surface area contributed by atoms with Gasteiger partial charge < -0.3 is 9.84 Å². The molecule has 0 aromatic heterocycles. The van der Waals surface area contributed by atoms with Gasteiger partial charge in [-0.3, -0.25) is 0 Å². The molecule has 0 saturated heterocycles. The van der Waals surface area contributed by atoms with Gasteiger partial charge in [-0.1, -0.05) is 17.7 Å². The summed E-state index contributed by atoms with van der Waals surface area (Å²) in [6.07, 6.45) is -4.56. The Labute approximate surface area is 114 Å². The summed E-state index contributed by atoms with van der Waals surface area (Å²) in [6.45, 7) is 0. The molecular weight excluding hydrogens is 273 g/mol. The first-order valence-electron chi connectivity index (χ1n) is 5.92. The lowest BCUT2D eigenvalue weighted by Gasteiger charge is -2.10. The zero-order chi connectivity index (χ0) is 15.2. The van der Waals surface area contributed by atoms with Gasteiger partial charge in [0, 0.05) is 6.08 Å². The van der Waals surface area contributed by atoms with Crippen molar-refractivity contribution in [3.8, 4) is 5.75 Å². The van der Waals surface area contributed by atoms with Gasteiger partial charge in [0.25, 0.3) is 0 Å². The Balaban J connectivity index is 2.68. The number of carboxylic acid groups (broad SMARTS) is 1. The summed E-state index contributed by atoms with van der Waals surface area (Å²) < 4.78 is 42.0. The lowest BCUT2D eigenvalue weighted by atomic mass is 10.0. The topological polar surface area (TPSA) is 46.5 Å². The average Bonchev–Trinajstić information content (AvgIpc) is 2.34. The summed E-state index contributed by atoms with van der Waals surface area (Å²) in [5, 5.41) is 8.59. The number of allylic oxidation sites excluding steroid dienone is 1. The highest BCUT2D eigenvalue weighted by atomic mass is 19.4. The van der Waals surface area contributed by atoms with E-state index in [0.717, 1.165) is 5.56 Å². The molecule has 20 heavy (non-hydrogen) atoms. The molecule has 0 saturated carbocycles. The molecule has 0 unspecified atom stereocenters. The fourth-order valence-electron chi connectivity index (χ4n) is 1.74. The van der Waals surface area contributed by atoms with E-state index < -0.39 is 18.6 Å². The van der Waals surface area contributed by atoms with Crippen LogP contribution in [-0.2, 0) is 11.2 Å². The van der Waals surface area contributed by atoms with Crippen LogP contribution >= 0.6 is 0 Å². The van der Waals surface area contributed by atoms with Gasteiger partial charge in [0.1, 0.15) is 5.75 Å². The smallest absolute Gasteiger partial charge is 0.392 e. The first-order chi connectivity index (χ1) is 9.30. The lowest BCUT2D eigenvalue weighted by Crippen LogP contribution is -2.10. The van der Waals surface area contributed by atoms with Crippen LogP contribution in [-0.4, -0.2) is 24.4 Å². The van der Waals surface area contributed by atoms with Gasteiger partial charge in [0.05, 0.1) is 13.5 Å². The Kier molecular flexibility index (Phi) is 5.61. The molecule has 0 aliphatic heterocycles. The second-order valence-electron chi connectivity index (χ2n) is 4.28. The molecule has 1 aromatic rings. The molecule has 0 atom stereocenters. The normalized spacial score (nSPS) is 12.3. The second-order valence-corrected chi connectivity index (χ2v) is 4.28. The number of carbonyl (C=O) groups is 1. The molecule has 1 aromatic carbocycles. The highest BCUT2D eigenvalue weighted by Gasteiger charge is 2.28. The number of rotatable bonds is 6. The number of hydrogen-bond acceptors (Lipinski definition) is 2. The summed E-state index contributed by atoms with van der Waals surface area (Å²) in [7, 11) is 1.52. The Bertz CT molecular complexity index is 475. The van der Waals surface area contributed by atoms with Crippen molar-refractivity contribution < 1.29 is 27.8 Å². The summed E-state index contributed by atoms with van der Waals surface area (Å²) >= 11 is 0. The van der Waals surface area contributed by atoms with Gasteiger partial charge in [0.15, 0.2) is 0 Å². The minimum Gasteiger partial charge on any atom is -0.497 e. The van der Waals surface area contributed by atoms with Gasteiger partial charge in [-0.2, -0.15) is 13.2 Å². The summed E-state index contributed by atoms with van der Waals surface area (Å²) in [4.78, 5) is 10.5. The third-order valence-corrected chi connectivity index (χ3v) is 2.65. The molecule has 1 N–H and O–H groups in total. The number of alkyl halides is 3. The van der Waals surface area contributed by atoms with Gasteiger partial charge >= 0.3 is 12.1 Å². The zero-order valence-electron chi connectivity index (χ0n) is 10.9. The number of aliphatic carboxylic acids is 1. The van der Waals surface area contributed by atoms with E-state index in [1.165, 1.54) is 7.11 Å². The number of methoxy groups -OCH3 is 1. The predicted molar refractivity (Wildman–Crippen MR) is 67.7 cm³/mol. The third kappa shape index (κ3) is 6.26. The SMILES string of the molecule is COc1ccc(CC/C(=C/C(=O)O)CC(F)(F)F)cc1. The Morgan fingerprint density at radius 2 is 1.90 bits per heavy atom. The minimum atomic E-state index is -4.40. The molecule has 0 amide bonds. The molecule has 110 valence electrons. The molecule has 0 aliphatic rings. The van der Waals surface area contributed by atoms with E-state index in [0.29, 0.717) is 18.2 Å². The van der Waals surface area contributed by atoms with E-state index in [1.807, 2.05) is 0 Å². The molecule has 0 fully saturated rings. The average molecular weight is 288 g/mol. The van der Waals surface area contributed by atoms with Gasteiger partial charge in [-0.05, 0) is 30.5 Å². The van der Waals surface area contributed by atoms with E-state index in [4.69, 9.17) is 9.84 Å². The van der Waals surface area contributed by atoms with Crippen molar-refractivity contribution in [3.63, 3.8) is 0 Å². The van der Waals surface area contributed by atoms with Crippen molar-refractivity contribution in [2.45, 2.75) is 25.4 Å². The first kappa shape index (κ1) is 16.1. The Hall–Kier alpha value is -1.98. The molecule has 0 radical (unpaired) electrons. The maximum absolute atomic E-state index is 12.3. The quantitative estimate of drug-likeness (QED) is 0.814. The van der Waals surface area contributed by atoms with E-state index in [2.05, 4.69) is 0 Å². The molecular formula is C14H15F3O3. The Morgan fingerprint density at radius 3 is 2.35 bits per heavy atom. The van der Waals surface area contributed by atoms with Crippen LogP contribution < -0.4 is 4.74 Å². The standard InChI is InChI=1S/C14H15F3O3/c1-20-12-6-4-10(5-7-12)2-3-11(8-13(18)19)9-14(15,16)17/h4-8H,2-3,9H2,1H3,(H,18,19)/b11-8-. The lowest BCUT2D eigenvalue weighted by molar-refractivity contribution is -0.132. The minimum absolute atomic E-state index is 0.0537. The zero-order valence-corrected chi connectivity index (χ0v) is 10.9. The van der Waals surface area contributed by atoms with Crippen LogP contribution in [0.25, 0.3) is 0 Å². The van der Waals surface area contributed by atoms with Crippen LogP contribution in [0.15, 0.2) is 35.9 Å². The summed E-state index contributed by atoms with van der Waals surface area (Å²) in [6, 6.07) is 6.90. The van der Waals surface area contributed by atoms with Crippen LogP contribution in [0.1, 0.15) is 18.4 Å².